The maximum Gasteiger partial charge on any atom is 0.276 e. The van der Waals surface area contributed by atoms with Crippen molar-refractivity contribution >= 4 is 5.91 Å². The van der Waals surface area contributed by atoms with E-state index >= 15 is 0 Å². The molecule has 1 aliphatic rings. The molecule has 7 nitrogen and oxygen atoms in total. The van der Waals surface area contributed by atoms with Gasteiger partial charge in [-0.3, -0.25) is 4.79 Å². The third-order valence-corrected chi connectivity index (χ3v) is 4.49. The predicted octanol–water partition coefficient (Wildman–Crippen LogP) is 2.97. The number of carbonyl (C=O) groups is 1. The number of carbonyl (C=O) groups excluding carboxylic acids is 1. The summed E-state index contributed by atoms with van der Waals surface area (Å²) in [7, 11) is 0. The molecular formula is C20H20N4O3. The quantitative estimate of drug-likeness (QED) is 0.696. The first kappa shape index (κ1) is 17.1. The third-order valence-electron chi connectivity index (χ3n) is 4.49. The third kappa shape index (κ3) is 3.48. The molecule has 3 aromatic rings. The van der Waals surface area contributed by atoms with Gasteiger partial charge in [0.25, 0.3) is 5.91 Å². The number of aromatic nitrogens is 3. The second kappa shape index (κ2) is 7.11. The number of hydrogen-bond donors (Lipinski definition) is 0. The largest absolute Gasteiger partial charge is 0.454 e. The van der Waals surface area contributed by atoms with Crippen molar-refractivity contribution < 1.29 is 14.3 Å². The fourth-order valence-corrected chi connectivity index (χ4v) is 2.93. The lowest BCUT2D eigenvalue weighted by atomic mass is 10.2. The predicted molar refractivity (Wildman–Crippen MR) is 99.1 cm³/mol. The summed E-state index contributed by atoms with van der Waals surface area (Å²) in [6, 6.07) is 13.6. The first-order chi connectivity index (χ1) is 13.1. The summed E-state index contributed by atoms with van der Waals surface area (Å²) < 4.78 is 12.4. The monoisotopic (exact) mass is 364 g/mol. The van der Waals surface area contributed by atoms with E-state index in [-0.39, 0.29) is 12.7 Å². The van der Waals surface area contributed by atoms with E-state index in [1.54, 1.807) is 15.8 Å². The van der Waals surface area contributed by atoms with Crippen LogP contribution in [0.4, 0.5) is 0 Å². The van der Waals surface area contributed by atoms with Crippen LogP contribution >= 0.6 is 0 Å². The topological polar surface area (TPSA) is 69.5 Å². The zero-order valence-corrected chi connectivity index (χ0v) is 15.3. The number of nitrogens with zero attached hydrogens (tertiary/aromatic N) is 4. The van der Waals surface area contributed by atoms with Gasteiger partial charge < -0.3 is 14.4 Å². The fraction of sp³-hybridized carbons (Fsp3) is 0.250. The number of aryl methyl sites for hydroxylation is 1. The van der Waals surface area contributed by atoms with Gasteiger partial charge in [-0.25, -0.2) is 4.68 Å². The number of ether oxygens (including phenoxy) is 2. The van der Waals surface area contributed by atoms with E-state index in [1.165, 1.54) is 0 Å². The van der Waals surface area contributed by atoms with Crippen LogP contribution in [0.1, 0.15) is 28.5 Å². The summed E-state index contributed by atoms with van der Waals surface area (Å²) in [6.07, 6.45) is 1.66. The molecule has 0 atom stereocenters. The number of benzene rings is 2. The number of rotatable bonds is 5. The van der Waals surface area contributed by atoms with Crippen molar-refractivity contribution in [2.24, 2.45) is 0 Å². The second-order valence-electron chi connectivity index (χ2n) is 6.39. The highest BCUT2D eigenvalue weighted by molar-refractivity contribution is 5.92. The van der Waals surface area contributed by atoms with Crippen molar-refractivity contribution in [2.45, 2.75) is 20.4 Å². The van der Waals surface area contributed by atoms with Crippen LogP contribution in [0.5, 0.6) is 11.5 Å². The van der Waals surface area contributed by atoms with Gasteiger partial charge in [-0.05, 0) is 43.7 Å². The van der Waals surface area contributed by atoms with Crippen molar-refractivity contribution in [1.82, 2.24) is 19.9 Å². The van der Waals surface area contributed by atoms with Crippen molar-refractivity contribution in [2.75, 3.05) is 13.3 Å². The average molecular weight is 364 g/mol. The van der Waals surface area contributed by atoms with E-state index < -0.39 is 0 Å². The summed E-state index contributed by atoms with van der Waals surface area (Å²) in [4.78, 5) is 14.6. The molecule has 1 aromatic heterocycles. The average Bonchev–Trinajstić information content (AvgIpc) is 3.35. The molecule has 0 N–H and O–H groups in total. The lowest BCUT2D eigenvalue weighted by molar-refractivity contribution is 0.0746. The van der Waals surface area contributed by atoms with E-state index in [9.17, 15) is 4.79 Å². The molecule has 27 heavy (non-hydrogen) atoms. The van der Waals surface area contributed by atoms with Crippen LogP contribution in [-0.4, -0.2) is 39.1 Å². The van der Waals surface area contributed by atoms with Crippen LogP contribution in [0.3, 0.4) is 0 Å². The molecule has 0 unspecified atom stereocenters. The van der Waals surface area contributed by atoms with Gasteiger partial charge in [-0.2, -0.15) is 0 Å². The van der Waals surface area contributed by atoms with E-state index in [1.807, 2.05) is 56.3 Å². The Hall–Kier alpha value is -3.35. The SMILES string of the molecule is CCN(Cc1ccc2c(c1)OCO2)C(=O)c1cn(-c2ccc(C)cc2)nn1. The van der Waals surface area contributed by atoms with Crippen molar-refractivity contribution in [3.63, 3.8) is 0 Å². The molecule has 2 aromatic carbocycles. The van der Waals surface area contributed by atoms with E-state index in [0.717, 1.165) is 22.6 Å². The molecule has 138 valence electrons. The van der Waals surface area contributed by atoms with Gasteiger partial charge in [-0.1, -0.05) is 29.0 Å². The van der Waals surface area contributed by atoms with Gasteiger partial charge in [0.2, 0.25) is 6.79 Å². The van der Waals surface area contributed by atoms with Gasteiger partial charge >= 0.3 is 0 Å². The second-order valence-corrected chi connectivity index (χ2v) is 6.39. The highest BCUT2D eigenvalue weighted by Gasteiger charge is 2.20. The number of fused-ring (bicyclic) bond motifs is 1. The standard InChI is InChI=1S/C20H20N4O3/c1-3-23(11-15-6-9-18-19(10-15)27-13-26-18)20(25)17-12-24(22-21-17)16-7-4-14(2)5-8-16/h4-10,12H,3,11,13H2,1-2H3. The molecule has 1 aliphatic heterocycles. The molecule has 0 aliphatic carbocycles. The molecule has 7 heteroatoms. The Morgan fingerprint density at radius 1 is 1.15 bits per heavy atom. The zero-order valence-electron chi connectivity index (χ0n) is 15.3. The lowest BCUT2D eigenvalue weighted by Gasteiger charge is -2.19. The zero-order chi connectivity index (χ0) is 18.8. The van der Waals surface area contributed by atoms with Crippen LogP contribution in [-0.2, 0) is 6.54 Å². The van der Waals surface area contributed by atoms with Gasteiger partial charge in [0.05, 0.1) is 11.9 Å². The summed E-state index contributed by atoms with van der Waals surface area (Å²) in [5, 5.41) is 8.15. The molecule has 0 saturated carbocycles. The Bertz CT molecular complexity index is 966. The maximum atomic E-state index is 12.9. The Morgan fingerprint density at radius 3 is 2.70 bits per heavy atom. The Morgan fingerprint density at radius 2 is 1.93 bits per heavy atom. The first-order valence-electron chi connectivity index (χ1n) is 8.81. The van der Waals surface area contributed by atoms with Crippen molar-refractivity contribution in [3.8, 4) is 17.2 Å². The number of hydrogen-bond acceptors (Lipinski definition) is 5. The van der Waals surface area contributed by atoms with Gasteiger partial charge in [0.1, 0.15) is 0 Å². The molecule has 0 bridgehead atoms. The summed E-state index contributed by atoms with van der Waals surface area (Å²) >= 11 is 0. The van der Waals surface area contributed by atoms with Gasteiger partial charge in [0.15, 0.2) is 17.2 Å². The molecule has 0 saturated heterocycles. The van der Waals surface area contributed by atoms with Gasteiger partial charge in [-0.15, -0.1) is 5.10 Å². The van der Waals surface area contributed by atoms with Crippen LogP contribution in [0.25, 0.3) is 5.69 Å². The molecule has 4 rings (SSSR count). The first-order valence-corrected chi connectivity index (χ1v) is 8.81. The minimum atomic E-state index is -0.159. The van der Waals surface area contributed by atoms with Crippen LogP contribution in [0.15, 0.2) is 48.7 Å². The molecule has 0 fully saturated rings. The Labute approximate surface area is 157 Å². The van der Waals surface area contributed by atoms with Crippen molar-refractivity contribution in [1.29, 1.82) is 0 Å². The Kier molecular flexibility index (Phi) is 4.50. The minimum absolute atomic E-state index is 0.159. The summed E-state index contributed by atoms with van der Waals surface area (Å²) in [5.41, 5.74) is 3.32. The highest BCUT2D eigenvalue weighted by atomic mass is 16.7. The van der Waals surface area contributed by atoms with Crippen LogP contribution < -0.4 is 9.47 Å². The smallest absolute Gasteiger partial charge is 0.276 e. The fourth-order valence-electron chi connectivity index (χ4n) is 2.93. The van der Waals surface area contributed by atoms with E-state index in [2.05, 4.69) is 10.3 Å². The molecule has 1 amide bonds. The van der Waals surface area contributed by atoms with Crippen LogP contribution in [0, 0.1) is 6.92 Å². The minimum Gasteiger partial charge on any atom is -0.454 e. The highest BCUT2D eigenvalue weighted by Crippen LogP contribution is 2.32. The molecule has 0 spiro atoms. The summed E-state index contributed by atoms with van der Waals surface area (Å²) in [5.74, 6) is 1.28. The van der Waals surface area contributed by atoms with E-state index in [4.69, 9.17) is 9.47 Å². The lowest BCUT2D eigenvalue weighted by Crippen LogP contribution is -2.30. The summed E-state index contributed by atoms with van der Waals surface area (Å²) in [6.45, 7) is 5.22. The van der Waals surface area contributed by atoms with Crippen LogP contribution in [0.2, 0.25) is 0 Å². The number of amides is 1. The molecule has 2 heterocycles. The van der Waals surface area contributed by atoms with Gasteiger partial charge in [0, 0.05) is 13.1 Å². The molecule has 0 radical (unpaired) electrons. The van der Waals surface area contributed by atoms with Crippen molar-refractivity contribution in [3.05, 3.63) is 65.5 Å². The maximum absolute atomic E-state index is 12.9. The Balaban J connectivity index is 1.51. The molecular weight excluding hydrogens is 344 g/mol. The normalized spacial score (nSPS) is 12.2. The van der Waals surface area contributed by atoms with E-state index in [0.29, 0.717) is 24.5 Å².